The van der Waals surface area contributed by atoms with Crippen LogP contribution < -0.4 is 10.1 Å². The van der Waals surface area contributed by atoms with Crippen molar-refractivity contribution in [2.24, 2.45) is 0 Å². The van der Waals surface area contributed by atoms with Gasteiger partial charge in [-0.25, -0.2) is 0 Å². The molecular formula is C16H22BrN3O. The molecule has 2 rings (SSSR count). The SMILES string of the molecule is COc1ccc(Br)cc1Cn1cc(CNC(C)(C)C)cn1. The lowest BCUT2D eigenvalue weighted by atomic mass is 10.1. The summed E-state index contributed by atoms with van der Waals surface area (Å²) in [6, 6.07) is 6.00. The number of halogens is 1. The largest absolute Gasteiger partial charge is 0.496 e. The minimum atomic E-state index is 0.107. The Morgan fingerprint density at radius 3 is 2.76 bits per heavy atom. The van der Waals surface area contributed by atoms with Crippen molar-refractivity contribution >= 4 is 15.9 Å². The third kappa shape index (κ3) is 4.86. The van der Waals surface area contributed by atoms with E-state index in [2.05, 4.69) is 59.4 Å². The van der Waals surface area contributed by atoms with E-state index in [1.54, 1.807) is 7.11 Å². The molecule has 0 aliphatic carbocycles. The van der Waals surface area contributed by atoms with Gasteiger partial charge in [0.15, 0.2) is 0 Å². The molecule has 5 heteroatoms. The zero-order valence-electron chi connectivity index (χ0n) is 13.0. The van der Waals surface area contributed by atoms with Gasteiger partial charge in [-0.05, 0) is 39.0 Å². The highest BCUT2D eigenvalue weighted by Gasteiger charge is 2.10. The van der Waals surface area contributed by atoms with E-state index >= 15 is 0 Å². The van der Waals surface area contributed by atoms with Crippen LogP contribution in [-0.4, -0.2) is 22.4 Å². The van der Waals surface area contributed by atoms with Crippen molar-refractivity contribution in [3.63, 3.8) is 0 Å². The van der Waals surface area contributed by atoms with Crippen molar-refractivity contribution in [3.05, 3.63) is 46.2 Å². The standard InChI is InChI=1S/C16H22BrN3O/c1-16(2,3)18-8-12-9-19-20(10-12)11-13-7-14(17)5-6-15(13)21-4/h5-7,9-10,18H,8,11H2,1-4H3. The van der Waals surface area contributed by atoms with E-state index < -0.39 is 0 Å². The van der Waals surface area contributed by atoms with Crippen LogP contribution in [0.5, 0.6) is 5.75 Å². The Labute approximate surface area is 134 Å². The number of aromatic nitrogens is 2. The van der Waals surface area contributed by atoms with Crippen LogP contribution in [0.25, 0.3) is 0 Å². The molecule has 0 saturated carbocycles. The Balaban J connectivity index is 2.07. The molecule has 0 aliphatic heterocycles. The van der Waals surface area contributed by atoms with Gasteiger partial charge in [0.1, 0.15) is 5.75 Å². The predicted molar refractivity (Wildman–Crippen MR) is 88.6 cm³/mol. The number of hydrogen-bond acceptors (Lipinski definition) is 3. The maximum absolute atomic E-state index is 5.40. The summed E-state index contributed by atoms with van der Waals surface area (Å²) >= 11 is 3.50. The third-order valence-corrected chi connectivity index (χ3v) is 3.58. The Kier molecular flexibility index (Phi) is 5.06. The van der Waals surface area contributed by atoms with Crippen molar-refractivity contribution in [1.82, 2.24) is 15.1 Å². The van der Waals surface area contributed by atoms with Crippen molar-refractivity contribution < 1.29 is 4.74 Å². The molecule has 0 saturated heterocycles. The molecule has 4 nitrogen and oxygen atoms in total. The van der Waals surface area contributed by atoms with Crippen LogP contribution in [0, 0.1) is 0 Å². The number of nitrogens with one attached hydrogen (secondary N) is 1. The second-order valence-corrected chi connectivity index (χ2v) is 7.02. The molecule has 1 heterocycles. The quantitative estimate of drug-likeness (QED) is 0.894. The summed E-state index contributed by atoms with van der Waals surface area (Å²) in [6.07, 6.45) is 3.97. The van der Waals surface area contributed by atoms with Crippen molar-refractivity contribution in [1.29, 1.82) is 0 Å². The highest BCUT2D eigenvalue weighted by Crippen LogP contribution is 2.23. The first-order valence-electron chi connectivity index (χ1n) is 6.96. The molecular weight excluding hydrogens is 330 g/mol. The van der Waals surface area contributed by atoms with Crippen molar-refractivity contribution in [3.8, 4) is 5.75 Å². The average molecular weight is 352 g/mol. The summed E-state index contributed by atoms with van der Waals surface area (Å²) in [5.41, 5.74) is 2.39. The lowest BCUT2D eigenvalue weighted by Gasteiger charge is -2.19. The van der Waals surface area contributed by atoms with Gasteiger partial charge in [-0.2, -0.15) is 5.10 Å². The number of hydrogen-bond donors (Lipinski definition) is 1. The third-order valence-electron chi connectivity index (χ3n) is 3.08. The molecule has 2 aromatic rings. The average Bonchev–Trinajstić information content (AvgIpc) is 2.84. The Bertz CT molecular complexity index is 602. The molecule has 0 radical (unpaired) electrons. The van der Waals surface area contributed by atoms with Gasteiger partial charge in [0.25, 0.3) is 0 Å². The van der Waals surface area contributed by atoms with E-state index in [0.29, 0.717) is 6.54 Å². The van der Waals surface area contributed by atoms with Gasteiger partial charge in [-0.3, -0.25) is 4.68 Å². The number of rotatable bonds is 5. The number of nitrogens with zero attached hydrogens (tertiary/aromatic N) is 2. The molecule has 0 spiro atoms. The Hall–Kier alpha value is -1.33. The maximum atomic E-state index is 5.40. The smallest absolute Gasteiger partial charge is 0.124 e. The van der Waals surface area contributed by atoms with E-state index in [0.717, 1.165) is 22.3 Å². The molecule has 1 N–H and O–H groups in total. The van der Waals surface area contributed by atoms with Crippen molar-refractivity contribution in [2.75, 3.05) is 7.11 Å². The topological polar surface area (TPSA) is 39.1 Å². The number of ether oxygens (including phenoxy) is 1. The molecule has 114 valence electrons. The molecule has 0 fully saturated rings. The van der Waals surface area contributed by atoms with Gasteiger partial charge in [0.2, 0.25) is 0 Å². The first-order chi connectivity index (χ1) is 9.87. The highest BCUT2D eigenvalue weighted by molar-refractivity contribution is 9.10. The minimum absolute atomic E-state index is 0.107. The van der Waals surface area contributed by atoms with E-state index in [-0.39, 0.29) is 5.54 Å². The first kappa shape index (κ1) is 16.0. The van der Waals surface area contributed by atoms with Crippen molar-refractivity contribution in [2.45, 2.75) is 39.4 Å². The van der Waals surface area contributed by atoms with Crippen LogP contribution in [-0.2, 0) is 13.1 Å². The fraction of sp³-hybridized carbons (Fsp3) is 0.438. The molecule has 1 aromatic heterocycles. The molecule has 21 heavy (non-hydrogen) atoms. The van der Waals surface area contributed by atoms with E-state index in [4.69, 9.17) is 4.74 Å². The van der Waals surface area contributed by atoms with Gasteiger partial charge in [0.05, 0.1) is 19.9 Å². The van der Waals surface area contributed by atoms with Gasteiger partial charge in [-0.1, -0.05) is 15.9 Å². The summed E-state index contributed by atoms with van der Waals surface area (Å²) < 4.78 is 8.37. The molecule has 0 amide bonds. The van der Waals surface area contributed by atoms with Crippen LogP contribution in [0.1, 0.15) is 31.9 Å². The maximum Gasteiger partial charge on any atom is 0.124 e. The lowest BCUT2D eigenvalue weighted by molar-refractivity contribution is 0.407. The van der Waals surface area contributed by atoms with Crippen LogP contribution >= 0.6 is 15.9 Å². The highest BCUT2D eigenvalue weighted by atomic mass is 79.9. The Morgan fingerprint density at radius 1 is 1.33 bits per heavy atom. The minimum Gasteiger partial charge on any atom is -0.496 e. The summed E-state index contributed by atoms with van der Waals surface area (Å²) in [5.74, 6) is 0.878. The zero-order chi connectivity index (χ0) is 15.5. The van der Waals surface area contributed by atoms with E-state index in [9.17, 15) is 0 Å². The van der Waals surface area contributed by atoms with Crippen LogP contribution in [0.3, 0.4) is 0 Å². The van der Waals surface area contributed by atoms with Gasteiger partial charge in [-0.15, -0.1) is 0 Å². The van der Waals surface area contributed by atoms with Gasteiger partial charge < -0.3 is 10.1 Å². The fourth-order valence-electron chi connectivity index (χ4n) is 2.00. The molecule has 0 bridgehead atoms. The molecule has 1 aromatic carbocycles. The predicted octanol–water partition coefficient (Wildman–Crippen LogP) is 3.59. The second-order valence-electron chi connectivity index (χ2n) is 6.11. The van der Waals surface area contributed by atoms with Crippen LogP contribution in [0.2, 0.25) is 0 Å². The second kappa shape index (κ2) is 6.62. The van der Waals surface area contributed by atoms with Crippen LogP contribution in [0.4, 0.5) is 0 Å². The summed E-state index contributed by atoms with van der Waals surface area (Å²) in [5, 5.41) is 7.88. The molecule has 0 atom stereocenters. The van der Waals surface area contributed by atoms with Crippen LogP contribution in [0.15, 0.2) is 35.1 Å². The summed E-state index contributed by atoms with van der Waals surface area (Å²) in [4.78, 5) is 0. The monoisotopic (exact) mass is 351 g/mol. The lowest BCUT2D eigenvalue weighted by Crippen LogP contribution is -2.34. The Morgan fingerprint density at radius 2 is 2.10 bits per heavy atom. The van der Waals surface area contributed by atoms with Gasteiger partial charge >= 0.3 is 0 Å². The first-order valence-corrected chi connectivity index (χ1v) is 7.75. The summed E-state index contributed by atoms with van der Waals surface area (Å²) in [7, 11) is 1.69. The summed E-state index contributed by atoms with van der Waals surface area (Å²) in [6.45, 7) is 7.98. The number of methoxy groups -OCH3 is 1. The normalized spacial score (nSPS) is 11.7. The molecule has 0 unspecified atom stereocenters. The molecule has 0 aliphatic rings. The van der Waals surface area contributed by atoms with E-state index in [1.165, 1.54) is 5.56 Å². The number of benzene rings is 1. The fourth-order valence-corrected chi connectivity index (χ4v) is 2.41. The van der Waals surface area contributed by atoms with Gasteiger partial charge in [0, 0.05) is 33.9 Å². The zero-order valence-corrected chi connectivity index (χ0v) is 14.6. The van der Waals surface area contributed by atoms with E-state index in [1.807, 2.05) is 23.0 Å².